The smallest absolute Gasteiger partial charge is 0.289 e. The van der Waals surface area contributed by atoms with Crippen molar-refractivity contribution in [2.24, 2.45) is 4.99 Å². The summed E-state index contributed by atoms with van der Waals surface area (Å²) < 4.78 is 1.96. The van der Waals surface area contributed by atoms with Gasteiger partial charge in [0.1, 0.15) is 11.6 Å². The highest BCUT2D eigenvalue weighted by Crippen LogP contribution is 2.31. The van der Waals surface area contributed by atoms with Gasteiger partial charge in [-0.15, -0.1) is 0 Å². The quantitative estimate of drug-likeness (QED) is 0.255. The van der Waals surface area contributed by atoms with Crippen molar-refractivity contribution in [1.29, 1.82) is 0 Å². The van der Waals surface area contributed by atoms with Crippen LogP contribution >= 0.6 is 11.8 Å². The number of phenols is 1. The van der Waals surface area contributed by atoms with Crippen LogP contribution in [0.15, 0.2) is 125 Å². The number of benzene rings is 4. The molecule has 0 bridgehead atoms. The van der Waals surface area contributed by atoms with Gasteiger partial charge in [0.05, 0.1) is 27.7 Å². The number of carbonyl (C=O) groups excluding carboxylic acids is 1. The number of hydrogen-bond acceptors (Lipinski definition) is 5. The summed E-state index contributed by atoms with van der Waals surface area (Å²) in [5, 5.41) is 17.3. The van der Waals surface area contributed by atoms with Crippen molar-refractivity contribution in [3.63, 3.8) is 0 Å². The molecule has 6 rings (SSSR count). The summed E-state index contributed by atoms with van der Waals surface area (Å²) in [7, 11) is 0. The largest absolute Gasteiger partial charge is 0.508 e. The lowest BCUT2D eigenvalue weighted by Crippen LogP contribution is -2.18. The van der Waals surface area contributed by atoms with E-state index in [1.165, 1.54) is 0 Å². The number of aromatic nitrogens is 2. The molecule has 5 aromatic rings. The zero-order valence-electron chi connectivity index (χ0n) is 20.2. The molecule has 0 unspecified atom stereocenters. The van der Waals surface area contributed by atoms with E-state index in [0.717, 1.165) is 45.5 Å². The van der Waals surface area contributed by atoms with Crippen molar-refractivity contribution in [3.8, 4) is 34.0 Å². The van der Waals surface area contributed by atoms with E-state index >= 15 is 0 Å². The van der Waals surface area contributed by atoms with Crippen LogP contribution in [-0.2, 0) is 0 Å². The molecule has 4 aromatic carbocycles. The van der Waals surface area contributed by atoms with E-state index in [9.17, 15) is 9.90 Å². The lowest BCUT2D eigenvalue weighted by molar-refractivity contribution is 0.265. The van der Waals surface area contributed by atoms with Crippen molar-refractivity contribution < 1.29 is 9.90 Å². The van der Waals surface area contributed by atoms with Crippen molar-refractivity contribution in [1.82, 2.24) is 15.1 Å². The maximum Gasteiger partial charge on any atom is 0.289 e. The molecule has 0 spiro atoms. The van der Waals surface area contributed by atoms with Crippen LogP contribution in [-0.4, -0.2) is 26.0 Å². The minimum absolute atomic E-state index is 0.119. The number of thioether (sulfide) groups is 1. The molecule has 1 saturated heterocycles. The minimum atomic E-state index is -0.191. The highest BCUT2D eigenvalue weighted by Gasteiger charge is 2.23. The van der Waals surface area contributed by atoms with E-state index in [1.54, 1.807) is 24.3 Å². The summed E-state index contributed by atoms with van der Waals surface area (Å²) in [6, 6.07) is 37.1. The van der Waals surface area contributed by atoms with Crippen molar-refractivity contribution in [2.45, 2.75) is 0 Å². The number of carbonyl (C=O) groups is 1. The number of nitrogens with zero attached hydrogens (tertiary/aromatic N) is 3. The van der Waals surface area contributed by atoms with Gasteiger partial charge in [0.25, 0.3) is 5.24 Å². The van der Waals surface area contributed by atoms with Crippen molar-refractivity contribution in [3.05, 3.63) is 126 Å². The molecule has 1 aliphatic rings. The third-order valence-electron chi connectivity index (χ3n) is 6.01. The van der Waals surface area contributed by atoms with Gasteiger partial charge in [-0.25, -0.2) is 9.67 Å². The summed E-state index contributed by atoms with van der Waals surface area (Å²) in [5.41, 5.74) is 6.44. The number of nitrogens with one attached hydrogen (secondary N) is 1. The molecule has 1 fully saturated rings. The maximum atomic E-state index is 12.1. The van der Waals surface area contributed by atoms with Crippen LogP contribution in [0.3, 0.4) is 0 Å². The standard InChI is InChI=1S/C31H22N4O2S/c36-26-13-7-12-24(19-26)32-30-29(38-31(37)33-30)18-21-14-16-25(17-15-21)35-28(23-10-5-2-6-11-23)20-27(34-35)22-8-3-1-4-9-22/h1-20,36H,(H,32,33,37). The van der Waals surface area contributed by atoms with Crippen molar-refractivity contribution >= 4 is 34.6 Å². The lowest BCUT2D eigenvalue weighted by Gasteiger charge is -2.08. The van der Waals surface area contributed by atoms with Crippen LogP contribution in [0.5, 0.6) is 5.75 Å². The first-order valence-electron chi connectivity index (χ1n) is 12.0. The SMILES string of the molecule is O=C1NC(=Nc2cccc(O)c2)C(=Cc2ccc(-n3nc(-c4ccccc4)cc3-c3ccccc3)cc2)S1. The Kier molecular flexibility index (Phi) is 6.34. The lowest BCUT2D eigenvalue weighted by atomic mass is 10.1. The molecule has 0 atom stereocenters. The van der Waals surface area contributed by atoms with E-state index in [2.05, 4.69) is 40.6 Å². The maximum absolute atomic E-state index is 12.1. The number of rotatable bonds is 5. The number of amidine groups is 1. The molecule has 6 nitrogen and oxygen atoms in total. The van der Waals surface area contributed by atoms with Crippen LogP contribution < -0.4 is 5.32 Å². The molecule has 38 heavy (non-hydrogen) atoms. The Labute approximate surface area is 224 Å². The molecule has 2 N–H and O–H groups in total. The van der Waals surface area contributed by atoms with E-state index in [0.29, 0.717) is 16.4 Å². The predicted molar refractivity (Wildman–Crippen MR) is 154 cm³/mol. The average molecular weight is 515 g/mol. The summed E-state index contributed by atoms with van der Waals surface area (Å²) in [6.45, 7) is 0. The topological polar surface area (TPSA) is 79.5 Å². The molecule has 0 saturated carbocycles. The fourth-order valence-corrected chi connectivity index (χ4v) is 4.95. The molecule has 1 amide bonds. The second kappa shape index (κ2) is 10.2. The number of amides is 1. The number of aromatic hydroxyl groups is 1. The van der Waals surface area contributed by atoms with Gasteiger partial charge in [0.2, 0.25) is 0 Å². The molecule has 1 aliphatic heterocycles. The first-order valence-corrected chi connectivity index (χ1v) is 12.8. The molecule has 7 heteroatoms. The Balaban J connectivity index is 1.35. The molecule has 1 aromatic heterocycles. The average Bonchev–Trinajstić information content (AvgIpc) is 3.54. The molecule has 2 heterocycles. The Hall–Kier alpha value is -4.88. The predicted octanol–water partition coefficient (Wildman–Crippen LogP) is 7.44. The van der Waals surface area contributed by atoms with Gasteiger partial charge in [-0.1, -0.05) is 78.9 Å². The second-order valence-electron chi connectivity index (χ2n) is 8.65. The second-order valence-corrected chi connectivity index (χ2v) is 9.67. The number of phenolic OH excluding ortho intramolecular Hbond substituents is 1. The van der Waals surface area contributed by atoms with Crippen LogP contribution in [0.25, 0.3) is 34.3 Å². The van der Waals surface area contributed by atoms with Crippen LogP contribution in [0.2, 0.25) is 0 Å². The van der Waals surface area contributed by atoms with Crippen LogP contribution in [0.4, 0.5) is 10.5 Å². The minimum Gasteiger partial charge on any atom is -0.508 e. The highest BCUT2D eigenvalue weighted by molar-refractivity contribution is 8.18. The molecular weight excluding hydrogens is 492 g/mol. The van der Waals surface area contributed by atoms with Gasteiger partial charge in [-0.3, -0.25) is 4.79 Å². The summed E-state index contributed by atoms with van der Waals surface area (Å²) >= 11 is 1.09. The van der Waals surface area contributed by atoms with Gasteiger partial charge in [0.15, 0.2) is 0 Å². The zero-order valence-corrected chi connectivity index (χ0v) is 21.0. The van der Waals surface area contributed by atoms with E-state index in [-0.39, 0.29) is 11.0 Å². The summed E-state index contributed by atoms with van der Waals surface area (Å²) in [6.07, 6.45) is 1.92. The van der Waals surface area contributed by atoms with E-state index < -0.39 is 0 Å². The monoisotopic (exact) mass is 514 g/mol. The van der Waals surface area contributed by atoms with Gasteiger partial charge in [0, 0.05) is 17.2 Å². The fourth-order valence-electron chi connectivity index (χ4n) is 4.21. The van der Waals surface area contributed by atoms with Crippen molar-refractivity contribution in [2.75, 3.05) is 0 Å². The Morgan fingerprint density at radius 3 is 2.24 bits per heavy atom. The third-order valence-corrected chi connectivity index (χ3v) is 6.83. The van der Waals surface area contributed by atoms with Crippen LogP contribution in [0.1, 0.15) is 5.56 Å². The summed E-state index contributed by atoms with van der Waals surface area (Å²) in [5.74, 6) is 0.578. The van der Waals surface area contributed by atoms with Gasteiger partial charge in [-0.2, -0.15) is 5.10 Å². The number of aliphatic imine (C=N–C) groups is 1. The molecule has 184 valence electrons. The molecule has 0 radical (unpaired) electrons. The molecular formula is C31H22N4O2S. The fraction of sp³-hybridized carbons (Fsp3) is 0. The normalized spacial score (nSPS) is 15.2. The van der Waals surface area contributed by atoms with Gasteiger partial charge >= 0.3 is 0 Å². The zero-order chi connectivity index (χ0) is 25.9. The van der Waals surface area contributed by atoms with E-state index in [4.69, 9.17) is 5.10 Å². The highest BCUT2D eigenvalue weighted by atomic mass is 32.2. The van der Waals surface area contributed by atoms with Gasteiger partial charge < -0.3 is 10.4 Å². The summed E-state index contributed by atoms with van der Waals surface area (Å²) in [4.78, 5) is 17.3. The Morgan fingerprint density at radius 1 is 0.816 bits per heavy atom. The Morgan fingerprint density at radius 2 is 1.53 bits per heavy atom. The first kappa shape index (κ1) is 23.5. The Bertz CT molecular complexity index is 1670. The number of hydrogen-bond donors (Lipinski definition) is 2. The van der Waals surface area contributed by atoms with Gasteiger partial charge in [-0.05, 0) is 53.7 Å². The first-order chi connectivity index (χ1) is 18.6. The third kappa shape index (κ3) is 5.00. The van der Waals surface area contributed by atoms with Crippen LogP contribution in [0, 0.1) is 0 Å². The van der Waals surface area contributed by atoms with E-state index in [1.807, 2.05) is 71.4 Å². The molecule has 0 aliphatic carbocycles.